The highest BCUT2D eigenvalue weighted by atomic mass is 32.2. The molecule has 0 bridgehead atoms. The van der Waals surface area contributed by atoms with Crippen LogP contribution >= 0.6 is 0 Å². The Bertz CT molecular complexity index is 553. The van der Waals surface area contributed by atoms with Gasteiger partial charge >= 0.3 is 6.18 Å². The van der Waals surface area contributed by atoms with Gasteiger partial charge in [-0.1, -0.05) is 12.1 Å². The van der Waals surface area contributed by atoms with E-state index < -0.39 is 32.2 Å². The van der Waals surface area contributed by atoms with Crippen LogP contribution in [0, 0.1) is 0 Å². The molecule has 0 heterocycles. The number of hydrogen-bond acceptors (Lipinski definition) is 3. The third kappa shape index (κ3) is 3.92. The third-order valence-electron chi connectivity index (χ3n) is 2.40. The first-order chi connectivity index (χ1) is 8.49. The van der Waals surface area contributed by atoms with E-state index in [1.807, 2.05) is 0 Å². The van der Waals surface area contributed by atoms with Crippen molar-refractivity contribution in [3.8, 4) is 0 Å². The minimum Gasteiger partial charge on any atom is -0.329 e. The number of sulfonamides is 1. The molecule has 0 fully saturated rings. The molecule has 4 nitrogen and oxygen atoms in total. The molecule has 0 aliphatic rings. The van der Waals surface area contributed by atoms with Crippen LogP contribution in [-0.4, -0.2) is 20.5 Å². The number of rotatable bonds is 4. The maximum Gasteiger partial charge on any atom is 0.417 e. The summed E-state index contributed by atoms with van der Waals surface area (Å²) in [6.45, 7) is 2.93. The van der Waals surface area contributed by atoms with Crippen molar-refractivity contribution in [2.45, 2.75) is 30.5 Å². The molecular weight excluding hydrogens is 281 g/mol. The molecule has 8 heteroatoms. The van der Waals surface area contributed by atoms with Gasteiger partial charge in [0.2, 0.25) is 10.0 Å². The van der Waals surface area contributed by atoms with E-state index in [0.717, 1.165) is 18.2 Å². The lowest BCUT2D eigenvalue weighted by Gasteiger charge is -2.24. The SMILES string of the molecule is CC(C)(CN)NS(=O)(=O)c1ccccc1C(F)(F)F. The van der Waals surface area contributed by atoms with Crippen molar-refractivity contribution in [1.29, 1.82) is 0 Å². The summed E-state index contributed by atoms with van der Waals surface area (Å²) in [5, 5.41) is 0. The fourth-order valence-corrected chi connectivity index (χ4v) is 3.05. The summed E-state index contributed by atoms with van der Waals surface area (Å²) in [6.07, 6.45) is -4.74. The van der Waals surface area contributed by atoms with Gasteiger partial charge in [-0.05, 0) is 26.0 Å². The predicted molar refractivity (Wildman–Crippen MR) is 64.9 cm³/mol. The first kappa shape index (κ1) is 15.9. The fourth-order valence-electron chi connectivity index (χ4n) is 1.40. The van der Waals surface area contributed by atoms with Crippen molar-refractivity contribution in [1.82, 2.24) is 4.72 Å². The van der Waals surface area contributed by atoms with E-state index in [9.17, 15) is 21.6 Å². The highest BCUT2D eigenvalue weighted by Gasteiger charge is 2.38. The topological polar surface area (TPSA) is 72.2 Å². The second kappa shape index (κ2) is 5.10. The number of hydrogen-bond donors (Lipinski definition) is 2. The highest BCUT2D eigenvalue weighted by Crippen LogP contribution is 2.34. The van der Waals surface area contributed by atoms with Crippen LogP contribution in [0.4, 0.5) is 13.2 Å². The number of nitrogens with two attached hydrogens (primary N) is 1. The third-order valence-corrected chi connectivity index (χ3v) is 4.16. The summed E-state index contributed by atoms with van der Waals surface area (Å²) in [4.78, 5) is -0.802. The molecular formula is C11H15F3N2O2S. The van der Waals surface area contributed by atoms with Crippen LogP contribution in [0.3, 0.4) is 0 Å². The van der Waals surface area contributed by atoms with Crippen LogP contribution < -0.4 is 10.5 Å². The molecule has 1 rings (SSSR count). The Morgan fingerprint density at radius 2 is 1.74 bits per heavy atom. The van der Waals surface area contributed by atoms with Crippen LogP contribution in [0.25, 0.3) is 0 Å². The van der Waals surface area contributed by atoms with Gasteiger partial charge in [-0.2, -0.15) is 13.2 Å². The Labute approximate surface area is 109 Å². The van der Waals surface area contributed by atoms with E-state index in [2.05, 4.69) is 4.72 Å². The summed E-state index contributed by atoms with van der Waals surface area (Å²) in [5.74, 6) is 0. The lowest BCUT2D eigenvalue weighted by Crippen LogP contribution is -2.49. The first-order valence-electron chi connectivity index (χ1n) is 5.40. The molecule has 0 saturated heterocycles. The standard InChI is InChI=1S/C11H15F3N2O2S/c1-10(2,7-15)16-19(17,18)9-6-4-3-5-8(9)11(12,13)14/h3-6,16H,7,15H2,1-2H3. The molecule has 1 aromatic rings. The molecule has 3 N–H and O–H groups in total. The van der Waals surface area contributed by atoms with Crippen LogP contribution in [0.2, 0.25) is 0 Å². The van der Waals surface area contributed by atoms with Gasteiger partial charge in [0, 0.05) is 12.1 Å². The monoisotopic (exact) mass is 296 g/mol. The van der Waals surface area contributed by atoms with E-state index in [4.69, 9.17) is 5.73 Å². The van der Waals surface area contributed by atoms with Crippen LogP contribution in [-0.2, 0) is 16.2 Å². The second-order valence-corrected chi connectivity index (χ2v) is 6.34. The normalized spacial score (nSPS) is 13.6. The Kier molecular flexibility index (Phi) is 4.28. The molecule has 0 aliphatic carbocycles. The van der Waals surface area contributed by atoms with E-state index in [1.54, 1.807) is 0 Å². The average molecular weight is 296 g/mol. The van der Waals surface area contributed by atoms with E-state index in [-0.39, 0.29) is 6.54 Å². The second-order valence-electron chi connectivity index (χ2n) is 4.69. The van der Waals surface area contributed by atoms with Gasteiger partial charge in [-0.25, -0.2) is 13.1 Å². The Hall–Kier alpha value is -1.12. The fraction of sp³-hybridized carbons (Fsp3) is 0.455. The number of halogens is 3. The average Bonchev–Trinajstić information content (AvgIpc) is 2.27. The van der Waals surface area contributed by atoms with Gasteiger partial charge in [0.05, 0.1) is 10.5 Å². The minimum atomic E-state index is -4.74. The van der Waals surface area contributed by atoms with Crippen molar-refractivity contribution in [3.63, 3.8) is 0 Å². The zero-order valence-corrected chi connectivity index (χ0v) is 11.3. The van der Waals surface area contributed by atoms with Crippen molar-refractivity contribution >= 4 is 10.0 Å². The Morgan fingerprint density at radius 1 is 1.21 bits per heavy atom. The maximum absolute atomic E-state index is 12.8. The van der Waals surface area contributed by atoms with Gasteiger partial charge in [0.1, 0.15) is 0 Å². The first-order valence-corrected chi connectivity index (χ1v) is 6.88. The lowest BCUT2D eigenvalue weighted by atomic mass is 10.1. The Morgan fingerprint density at radius 3 is 2.21 bits per heavy atom. The number of benzene rings is 1. The van der Waals surface area contributed by atoms with Gasteiger partial charge in [-0.3, -0.25) is 0 Å². The zero-order chi connectivity index (χ0) is 14.9. The van der Waals surface area contributed by atoms with E-state index >= 15 is 0 Å². The van der Waals surface area contributed by atoms with Crippen molar-refractivity contribution in [2.75, 3.05) is 6.54 Å². The number of alkyl halides is 3. The highest BCUT2D eigenvalue weighted by molar-refractivity contribution is 7.89. The summed E-state index contributed by atoms with van der Waals surface area (Å²) in [6, 6.07) is 4.01. The predicted octanol–water partition coefficient (Wildman–Crippen LogP) is 1.72. The van der Waals surface area contributed by atoms with Gasteiger partial charge in [-0.15, -0.1) is 0 Å². The molecule has 0 radical (unpaired) electrons. The molecule has 19 heavy (non-hydrogen) atoms. The lowest BCUT2D eigenvalue weighted by molar-refractivity contribution is -0.139. The largest absolute Gasteiger partial charge is 0.417 e. The Balaban J connectivity index is 3.31. The minimum absolute atomic E-state index is 0.0413. The van der Waals surface area contributed by atoms with E-state index in [1.165, 1.54) is 19.9 Å². The molecule has 0 atom stereocenters. The molecule has 108 valence electrons. The van der Waals surface area contributed by atoms with E-state index in [0.29, 0.717) is 0 Å². The zero-order valence-electron chi connectivity index (χ0n) is 10.5. The van der Waals surface area contributed by atoms with Crippen LogP contribution in [0.5, 0.6) is 0 Å². The molecule has 0 saturated carbocycles. The van der Waals surface area contributed by atoms with Crippen LogP contribution in [0.15, 0.2) is 29.2 Å². The molecule has 0 aromatic heterocycles. The quantitative estimate of drug-likeness (QED) is 0.888. The smallest absolute Gasteiger partial charge is 0.329 e. The molecule has 0 spiro atoms. The van der Waals surface area contributed by atoms with Crippen molar-refractivity contribution < 1.29 is 21.6 Å². The summed E-state index contributed by atoms with van der Waals surface area (Å²) in [7, 11) is -4.29. The van der Waals surface area contributed by atoms with Gasteiger partial charge in [0.15, 0.2) is 0 Å². The van der Waals surface area contributed by atoms with Gasteiger partial charge < -0.3 is 5.73 Å². The molecule has 0 aliphatic heterocycles. The molecule has 0 unspecified atom stereocenters. The van der Waals surface area contributed by atoms with Crippen LogP contribution in [0.1, 0.15) is 19.4 Å². The van der Waals surface area contributed by atoms with Crippen molar-refractivity contribution in [2.24, 2.45) is 5.73 Å². The number of nitrogens with one attached hydrogen (secondary N) is 1. The maximum atomic E-state index is 12.8. The summed E-state index contributed by atoms with van der Waals surface area (Å²) in [5.41, 5.74) is 3.14. The summed E-state index contributed by atoms with van der Waals surface area (Å²) >= 11 is 0. The molecule has 1 aromatic carbocycles. The molecule has 0 amide bonds. The van der Waals surface area contributed by atoms with Crippen molar-refractivity contribution in [3.05, 3.63) is 29.8 Å². The van der Waals surface area contributed by atoms with Gasteiger partial charge in [0.25, 0.3) is 0 Å². The summed E-state index contributed by atoms with van der Waals surface area (Å²) < 4.78 is 64.5.